The summed E-state index contributed by atoms with van der Waals surface area (Å²) in [7, 11) is 0. The predicted molar refractivity (Wildman–Crippen MR) is 81.5 cm³/mol. The molecule has 5 N–H and O–H groups in total. The molecule has 1 rings (SSSR count). The van der Waals surface area contributed by atoms with Gasteiger partial charge in [0.1, 0.15) is 0 Å². The van der Waals surface area contributed by atoms with Crippen LogP contribution in [0.25, 0.3) is 0 Å². The van der Waals surface area contributed by atoms with Crippen molar-refractivity contribution >= 4 is 6.03 Å². The van der Waals surface area contributed by atoms with E-state index in [2.05, 4.69) is 10.6 Å². The van der Waals surface area contributed by atoms with Crippen LogP contribution in [0.15, 0.2) is 0 Å². The Morgan fingerprint density at radius 2 is 2.00 bits per heavy atom. The number of nitrogens with two attached hydrogens (primary N) is 1. The van der Waals surface area contributed by atoms with E-state index in [0.717, 1.165) is 12.8 Å². The quantitative estimate of drug-likeness (QED) is 0.512. The Hall–Kier alpha value is -0.810. The molecule has 0 bridgehead atoms. The second-order valence-electron chi connectivity index (χ2n) is 5.90. The second kappa shape index (κ2) is 10.00. The number of carbonyl (C=O) groups excluding carboxylic acids is 1. The molecule has 2 atom stereocenters. The van der Waals surface area contributed by atoms with Crippen LogP contribution in [0.1, 0.15) is 58.3 Å². The fourth-order valence-corrected chi connectivity index (χ4v) is 2.92. The van der Waals surface area contributed by atoms with Crippen molar-refractivity contribution in [3.05, 3.63) is 0 Å². The predicted octanol–water partition coefficient (Wildman–Crippen LogP) is 1.74. The van der Waals surface area contributed by atoms with Crippen LogP contribution in [0.5, 0.6) is 0 Å². The van der Waals surface area contributed by atoms with Gasteiger partial charge in [-0.1, -0.05) is 32.1 Å². The molecule has 1 fully saturated rings. The first kappa shape index (κ1) is 17.2. The first-order chi connectivity index (χ1) is 9.63. The number of hydrogen-bond donors (Lipinski definition) is 4. The SMILES string of the molecule is CCNC(=O)NCCC[C@H](O)[C@@H](N)CC1CCCCC1. The topological polar surface area (TPSA) is 87.4 Å². The van der Waals surface area contributed by atoms with E-state index in [-0.39, 0.29) is 12.1 Å². The van der Waals surface area contributed by atoms with E-state index in [4.69, 9.17) is 5.73 Å². The number of nitrogens with one attached hydrogen (secondary N) is 2. The van der Waals surface area contributed by atoms with Gasteiger partial charge in [-0.15, -0.1) is 0 Å². The second-order valence-corrected chi connectivity index (χ2v) is 5.90. The van der Waals surface area contributed by atoms with E-state index in [0.29, 0.717) is 25.4 Å². The average Bonchev–Trinajstić information content (AvgIpc) is 2.44. The molecule has 0 spiro atoms. The fourth-order valence-electron chi connectivity index (χ4n) is 2.92. The summed E-state index contributed by atoms with van der Waals surface area (Å²) >= 11 is 0. The molecule has 0 aromatic rings. The van der Waals surface area contributed by atoms with Crippen molar-refractivity contribution in [2.24, 2.45) is 11.7 Å². The molecule has 20 heavy (non-hydrogen) atoms. The largest absolute Gasteiger partial charge is 0.392 e. The van der Waals surface area contributed by atoms with Gasteiger partial charge in [0.05, 0.1) is 6.10 Å². The lowest BCUT2D eigenvalue weighted by atomic mass is 9.83. The highest BCUT2D eigenvalue weighted by Crippen LogP contribution is 2.27. The number of aliphatic hydroxyl groups is 1. The van der Waals surface area contributed by atoms with Crippen molar-refractivity contribution in [3.63, 3.8) is 0 Å². The van der Waals surface area contributed by atoms with Gasteiger partial charge in [-0.25, -0.2) is 4.79 Å². The van der Waals surface area contributed by atoms with Crippen LogP contribution in [0.4, 0.5) is 4.79 Å². The van der Waals surface area contributed by atoms with E-state index >= 15 is 0 Å². The molecule has 0 unspecified atom stereocenters. The van der Waals surface area contributed by atoms with Crippen LogP contribution in [0, 0.1) is 5.92 Å². The molecule has 5 heteroatoms. The summed E-state index contributed by atoms with van der Waals surface area (Å²) in [6.07, 6.45) is 8.39. The Bertz CT molecular complexity index is 268. The molecule has 1 saturated carbocycles. The van der Waals surface area contributed by atoms with Gasteiger partial charge in [0, 0.05) is 19.1 Å². The summed E-state index contributed by atoms with van der Waals surface area (Å²) in [4.78, 5) is 11.2. The number of carbonyl (C=O) groups is 1. The number of amides is 2. The van der Waals surface area contributed by atoms with Gasteiger partial charge in [0.25, 0.3) is 0 Å². The van der Waals surface area contributed by atoms with Crippen LogP contribution in [0.3, 0.4) is 0 Å². The lowest BCUT2D eigenvalue weighted by Crippen LogP contribution is -2.38. The normalized spacial score (nSPS) is 19.4. The van der Waals surface area contributed by atoms with Gasteiger partial charge in [-0.05, 0) is 32.1 Å². The Morgan fingerprint density at radius 3 is 2.65 bits per heavy atom. The molecule has 0 aromatic carbocycles. The summed E-state index contributed by atoms with van der Waals surface area (Å²) in [5.74, 6) is 0.696. The Kier molecular flexibility index (Phi) is 8.62. The van der Waals surface area contributed by atoms with Crippen LogP contribution in [-0.2, 0) is 0 Å². The van der Waals surface area contributed by atoms with E-state index in [1.165, 1.54) is 32.1 Å². The van der Waals surface area contributed by atoms with Crippen molar-refractivity contribution < 1.29 is 9.90 Å². The van der Waals surface area contributed by atoms with Gasteiger partial charge >= 0.3 is 6.03 Å². The van der Waals surface area contributed by atoms with Crippen molar-refractivity contribution in [2.75, 3.05) is 13.1 Å². The maximum absolute atomic E-state index is 11.2. The third kappa shape index (κ3) is 7.10. The van der Waals surface area contributed by atoms with E-state index < -0.39 is 6.10 Å². The summed E-state index contributed by atoms with van der Waals surface area (Å²) < 4.78 is 0. The van der Waals surface area contributed by atoms with Crippen molar-refractivity contribution in [3.8, 4) is 0 Å². The first-order valence-electron chi connectivity index (χ1n) is 8.08. The highest BCUT2D eigenvalue weighted by Gasteiger charge is 2.21. The summed E-state index contributed by atoms with van der Waals surface area (Å²) in [6, 6.07) is -0.268. The smallest absolute Gasteiger partial charge is 0.314 e. The summed E-state index contributed by atoms with van der Waals surface area (Å²) in [5, 5.41) is 15.5. The summed E-state index contributed by atoms with van der Waals surface area (Å²) in [6.45, 7) is 3.09. The zero-order chi connectivity index (χ0) is 14.8. The Labute approximate surface area is 122 Å². The molecule has 1 aliphatic rings. The third-order valence-electron chi connectivity index (χ3n) is 4.12. The lowest BCUT2D eigenvalue weighted by Gasteiger charge is -2.27. The molecule has 0 heterocycles. The van der Waals surface area contributed by atoms with E-state index in [1.54, 1.807) is 0 Å². The highest BCUT2D eigenvalue weighted by molar-refractivity contribution is 5.73. The number of urea groups is 1. The molecule has 1 aliphatic carbocycles. The van der Waals surface area contributed by atoms with Crippen LogP contribution < -0.4 is 16.4 Å². The highest BCUT2D eigenvalue weighted by atomic mass is 16.3. The van der Waals surface area contributed by atoms with Crippen LogP contribution in [-0.4, -0.2) is 36.4 Å². The molecule has 0 aliphatic heterocycles. The van der Waals surface area contributed by atoms with Gasteiger partial charge in [-0.3, -0.25) is 0 Å². The van der Waals surface area contributed by atoms with Crippen molar-refractivity contribution in [2.45, 2.75) is 70.4 Å². The van der Waals surface area contributed by atoms with E-state index in [9.17, 15) is 9.90 Å². The fraction of sp³-hybridized carbons (Fsp3) is 0.933. The zero-order valence-electron chi connectivity index (χ0n) is 12.7. The number of aliphatic hydroxyl groups excluding tert-OH is 1. The van der Waals surface area contributed by atoms with Crippen molar-refractivity contribution in [1.29, 1.82) is 0 Å². The Balaban J connectivity index is 2.08. The van der Waals surface area contributed by atoms with E-state index in [1.807, 2.05) is 6.92 Å². The number of hydrogen-bond acceptors (Lipinski definition) is 3. The molecular weight excluding hydrogens is 254 g/mol. The zero-order valence-corrected chi connectivity index (χ0v) is 12.7. The van der Waals surface area contributed by atoms with Crippen LogP contribution in [0.2, 0.25) is 0 Å². The minimum absolute atomic E-state index is 0.123. The maximum Gasteiger partial charge on any atom is 0.314 e. The summed E-state index contributed by atoms with van der Waals surface area (Å²) in [5.41, 5.74) is 6.09. The molecule has 5 nitrogen and oxygen atoms in total. The maximum atomic E-state index is 11.2. The lowest BCUT2D eigenvalue weighted by molar-refractivity contribution is 0.116. The molecule has 0 saturated heterocycles. The standard InChI is InChI=1S/C15H31N3O2/c1-2-17-15(20)18-10-6-9-14(19)13(16)11-12-7-4-3-5-8-12/h12-14,19H,2-11,16H2,1H3,(H2,17,18,20)/t13-,14-/m0/s1. The minimum atomic E-state index is -0.451. The molecular formula is C15H31N3O2. The monoisotopic (exact) mass is 285 g/mol. The minimum Gasteiger partial charge on any atom is -0.392 e. The molecule has 2 amide bonds. The Morgan fingerprint density at radius 1 is 1.30 bits per heavy atom. The van der Waals surface area contributed by atoms with Crippen LogP contribution >= 0.6 is 0 Å². The van der Waals surface area contributed by atoms with Gasteiger partial charge in [0.15, 0.2) is 0 Å². The third-order valence-corrected chi connectivity index (χ3v) is 4.12. The van der Waals surface area contributed by atoms with Gasteiger partial charge in [0.2, 0.25) is 0 Å². The van der Waals surface area contributed by atoms with Gasteiger partial charge in [-0.2, -0.15) is 0 Å². The molecule has 118 valence electrons. The van der Waals surface area contributed by atoms with Gasteiger partial charge < -0.3 is 21.5 Å². The average molecular weight is 285 g/mol. The first-order valence-corrected chi connectivity index (χ1v) is 8.08. The van der Waals surface area contributed by atoms with Crippen molar-refractivity contribution in [1.82, 2.24) is 10.6 Å². The number of rotatable bonds is 8. The molecule has 0 aromatic heterocycles. The molecule has 0 radical (unpaired) electrons.